The van der Waals surface area contributed by atoms with Gasteiger partial charge in [-0.3, -0.25) is 0 Å². The monoisotopic (exact) mass is 351 g/mol. The highest BCUT2D eigenvalue weighted by atomic mass is 79.9. The van der Waals surface area contributed by atoms with Crippen molar-refractivity contribution in [2.45, 2.75) is 40.2 Å². The number of aryl methyl sites for hydroxylation is 3. The second-order valence-electron chi connectivity index (χ2n) is 5.27. The predicted molar refractivity (Wildman–Crippen MR) is 92.8 cm³/mol. The molecule has 0 aliphatic heterocycles. The number of rotatable bonds is 5. The summed E-state index contributed by atoms with van der Waals surface area (Å²) in [4.78, 5) is 2.81. The van der Waals surface area contributed by atoms with E-state index in [9.17, 15) is 0 Å². The van der Waals surface area contributed by atoms with E-state index in [1.807, 2.05) is 11.3 Å². The highest BCUT2D eigenvalue weighted by Gasteiger charge is 2.20. The molecular weight excluding hydrogens is 330 g/mol. The first-order chi connectivity index (χ1) is 9.54. The molecule has 0 aliphatic rings. The van der Waals surface area contributed by atoms with Crippen molar-refractivity contribution < 1.29 is 0 Å². The Morgan fingerprint density at radius 1 is 1.20 bits per heavy atom. The Morgan fingerprint density at radius 2 is 1.95 bits per heavy atom. The first kappa shape index (κ1) is 15.7. The molecule has 0 bridgehead atoms. The number of hydrogen-bond acceptors (Lipinski definition) is 2. The Kier molecular flexibility index (Phi) is 5.42. The average molecular weight is 352 g/mol. The molecule has 1 nitrogen and oxygen atoms in total. The third-order valence-corrected chi connectivity index (χ3v) is 5.77. The summed E-state index contributed by atoms with van der Waals surface area (Å²) in [6.07, 6.45) is 1.14. The summed E-state index contributed by atoms with van der Waals surface area (Å²) in [5, 5.41) is 3.70. The lowest BCUT2D eigenvalue weighted by molar-refractivity contribution is 0.602. The summed E-state index contributed by atoms with van der Waals surface area (Å²) in [5.41, 5.74) is 4.01. The Balaban J connectivity index is 2.47. The Hall–Kier alpha value is -0.640. The van der Waals surface area contributed by atoms with Gasteiger partial charge in [0.05, 0.1) is 6.04 Å². The highest BCUT2D eigenvalue weighted by Crippen LogP contribution is 2.36. The van der Waals surface area contributed by atoms with E-state index in [0.717, 1.165) is 13.0 Å². The smallest absolute Gasteiger partial charge is 0.0684 e. The van der Waals surface area contributed by atoms with Crippen molar-refractivity contribution in [2.24, 2.45) is 0 Å². The van der Waals surface area contributed by atoms with E-state index >= 15 is 0 Å². The molecule has 0 amide bonds. The highest BCUT2D eigenvalue weighted by molar-refractivity contribution is 9.10. The van der Waals surface area contributed by atoms with Gasteiger partial charge in [-0.2, -0.15) is 0 Å². The zero-order chi connectivity index (χ0) is 14.7. The van der Waals surface area contributed by atoms with Crippen molar-refractivity contribution in [1.82, 2.24) is 5.32 Å². The number of nitrogens with one attached hydrogen (secondary N) is 1. The molecule has 3 heteroatoms. The SMILES string of the molecule is CCCNC(c1cccc(C)c1Br)c1sc(C)cc1C. The molecule has 0 radical (unpaired) electrons. The van der Waals surface area contributed by atoms with E-state index in [-0.39, 0.29) is 6.04 Å². The van der Waals surface area contributed by atoms with E-state index in [1.165, 1.54) is 30.9 Å². The van der Waals surface area contributed by atoms with Crippen molar-refractivity contribution in [1.29, 1.82) is 0 Å². The summed E-state index contributed by atoms with van der Waals surface area (Å²) in [7, 11) is 0. The van der Waals surface area contributed by atoms with Crippen molar-refractivity contribution in [3.05, 3.63) is 55.2 Å². The van der Waals surface area contributed by atoms with Gasteiger partial charge in [-0.15, -0.1) is 11.3 Å². The summed E-state index contributed by atoms with van der Waals surface area (Å²) < 4.78 is 1.22. The molecule has 0 fully saturated rings. The van der Waals surface area contributed by atoms with Crippen LogP contribution in [-0.4, -0.2) is 6.54 Å². The lowest BCUT2D eigenvalue weighted by atomic mass is 10.0. The maximum atomic E-state index is 3.77. The van der Waals surface area contributed by atoms with E-state index in [4.69, 9.17) is 0 Å². The van der Waals surface area contributed by atoms with E-state index in [0.29, 0.717) is 0 Å². The van der Waals surface area contributed by atoms with Gasteiger partial charge in [0.2, 0.25) is 0 Å². The molecule has 0 saturated carbocycles. The summed E-state index contributed by atoms with van der Waals surface area (Å²) in [6, 6.07) is 9.08. The van der Waals surface area contributed by atoms with Gasteiger partial charge in [0, 0.05) is 14.2 Å². The minimum Gasteiger partial charge on any atom is -0.306 e. The predicted octanol–water partition coefficient (Wildman–Crippen LogP) is 5.52. The normalized spacial score (nSPS) is 12.7. The standard InChI is InChI=1S/C17H22BrNS/c1-5-9-19-16(17-12(3)10-13(4)20-17)14-8-6-7-11(2)15(14)18/h6-8,10,16,19H,5,9H2,1-4H3. The summed E-state index contributed by atoms with van der Waals surface area (Å²) >= 11 is 5.66. The van der Waals surface area contributed by atoms with Crippen LogP contribution in [0, 0.1) is 20.8 Å². The topological polar surface area (TPSA) is 12.0 Å². The van der Waals surface area contributed by atoms with Crippen molar-refractivity contribution >= 4 is 27.3 Å². The summed E-state index contributed by atoms with van der Waals surface area (Å²) in [6.45, 7) is 9.78. The molecule has 1 aromatic heterocycles. The zero-order valence-electron chi connectivity index (χ0n) is 12.6. The Bertz CT molecular complexity index is 589. The van der Waals surface area contributed by atoms with Crippen molar-refractivity contribution in [2.75, 3.05) is 6.54 Å². The average Bonchev–Trinajstić information content (AvgIpc) is 2.74. The van der Waals surface area contributed by atoms with Crippen molar-refractivity contribution in [3.63, 3.8) is 0 Å². The van der Waals surface area contributed by atoms with E-state index in [1.54, 1.807) is 0 Å². The maximum Gasteiger partial charge on any atom is 0.0684 e. The first-order valence-electron chi connectivity index (χ1n) is 7.10. The van der Waals surface area contributed by atoms with Crippen LogP contribution in [0.5, 0.6) is 0 Å². The fraction of sp³-hybridized carbons (Fsp3) is 0.412. The molecule has 108 valence electrons. The first-order valence-corrected chi connectivity index (χ1v) is 8.70. The molecule has 20 heavy (non-hydrogen) atoms. The van der Waals surface area contributed by atoms with Gasteiger partial charge in [-0.05, 0) is 56.5 Å². The molecule has 0 spiro atoms. The van der Waals surface area contributed by atoms with Crippen LogP contribution in [0.2, 0.25) is 0 Å². The Labute approximate surface area is 134 Å². The molecule has 1 N–H and O–H groups in total. The van der Waals surface area contributed by atoms with Crippen LogP contribution < -0.4 is 5.32 Å². The molecule has 0 saturated heterocycles. The van der Waals surface area contributed by atoms with Crippen LogP contribution in [0.3, 0.4) is 0 Å². The number of thiophene rings is 1. The summed E-state index contributed by atoms with van der Waals surface area (Å²) in [5.74, 6) is 0. The molecule has 2 aromatic rings. The van der Waals surface area contributed by atoms with Gasteiger partial charge in [-0.1, -0.05) is 41.1 Å². The zero-order valence-corrected chi connectivity index (χ0v) is 15.0. The molecule has 1 unspecified atom stereocenters. The quantitative estimate of drug-likeness (QED) is 0.747. The lowest BCUT2D eigenvalue weighted by Crippen LogP contribution is -2.23. The van der Waals surface area contributed by atoms with Crippen LogP contribution in [0.4, 0.5) is 0 Å². The van der Waals surface area contributed by atoms with Gasteiger partial charge in [-0.25, -0.2) is 0 Å². The van der Waals surface area contributed by atoms with Crippen LogP contribution in [-0.2, 0) is 0 Å². The molecule has 1 aromatic carbocycles. The fourth-order valence-electron chi connectivity index (χ4n) is 2.47. The van der Waals surface area contributed by atoms with Crippen LogP contribution in [0.15, 0.2) is 28.7 Å². The molecular formula is C17H22BrNS. The molecule has 1 heterocycles. The lowest BCUT2D eigenvalue weighted by Gasteiger charge is -2.21. The maximum absolute atomic E-state index is 3.77. The largest absolute Gasteiger partial charge is 0.306 e. The van der Waals surface area contributed by atoms with Crippen molar-refractivity contribution in [3.8, 4) is 0 Å². The molecule has 2 rings (SSSR count). The number of benzene rings is 1. The third kappa shape index (κ3) is 3.33. The second kappa shape index (κ2) is 6.88. The van der Waals surface area contributed by atoms with Gasteiger partial charge in [0.25, 0.3) is 0 Å². The molecule has 1 atom stereocenters. The van der Waals surface area contributed by atoms with Gasteiger partial charge < -0.3 is 5.32 Å². The van der Waals surface area contributed by atoms with Gasteiger partial charge in [0.15, 0.2) is 0 Å². The van der Waals surface area contributed by atoms with E-state index in [2.05, 4.69) is 73.2 Å². The van der Waals surface area contributed by atoms with Crippen LogP contribution in [0.25, 0.3) is 0 Å². The van der Waals surface area contributed by atoms with Gasteiger partial charge >= 0.3 is 0 Å². The number of hydrogen-bond donors (Lipinski definition) is 1. The van der Waals surface area contributed by atoms with E-state index < -0.39 is 0 Å². The second-order valence-corrected chi connectivity index (χ2v) is 7.35. The van der Waals surface area contributed by atoms with Gasteiger partial charge in [0.1, 0.15) is 0 Å². The minimum atomic E-state index is 0.280. The molecule has 0 aliphatic carbocycles. The fourth-order valence-corrected chi connectivity index (χ4v) is 4.10. The van der Waals surface area contributed by atoms with Crippen LogP contribution in [0.1, 0.15) is 45.8 Å². The van der Waals surface area contributed by atoms with Crippen LogP contribution >= 0.6 is 27.3 Å². The number of halogens is 1. The third-order valence-electron chi connectivity index (χ3n) is 3.47. The Morgan fingerprint density at radius 3 is 2.55 bits per heavy atom. The minimum absolute atomic E-state index is 0.280.